The van der Waals surface area contributed by atoms with E-state index >= 15 is 0 Å². The summed E-state index contributed by atoms with van der Waals surface area (Å²) in [6.45, 7) is 10.8. The monoisotopic (exact) mass is 267 g/mol. The number of hydrogen-bond acceptors (Lipinski definition) is 1. The van der Waals surface area contributed by atoms with Crippen molar-refractivity contribution in [1.82, 2.24) is 4.90 Å². The highest BCUT2D eigenvalue weighted by atomic mass is 16.2. The highest BCUT2D eigenvalue weighted by Crippen LogP contribution is 2.44. The molecule has 0 spiro atoms. The zero-order chi connectivity index (χ0) is 14.4. The standard InChI is InChI=1S/C17H33NO/c1-6-7-8-9-10-11-15-12-16(15)17(19)18(13(2)3)14(4)5/h13-16H,6-12H2,1-5H3. The van der Waals surface area contributed by atoms with Crippen molar-refractivity contribution in [3.8, 4) is 0 Å². The number of unbranched alkanes of at least 4 members (excludes halogenated alkanes) is 4. The summed E-state index contributed by atoms with van der Waals surface area (Å²) < 4.78 is 0. The van der Waals surface area contributed by atoms with Gasteiger partial charge in [0.2, 0.25) is 5.91 Å². The average molecular weight is 267 g/mol. The Kier molecular flexibility index (Phi) is 6.88. The maximum absolute atomic E-state index is 12.5. The molecule has 112 valence electrons. The fraction of sp³-hybridized carbons (Fsp3) is 0.941. The predicted molar refractivity (Wildman–Crippen MR) is 82.1 cm³/mol. The molecule has 1 fully saturated rings. The highest BCUT2D eigenvalue weighted by Gasteiger charge is 2.44. The summed E-state index contributed by atoms with van der Waals surface area (Å²) >= 11 is 0. The average Bonchev–Trinajstić information content (AvgIpc) is 3.07. The Hall–Kier alpha value is -0.530. The number of carbonyl (C=O) groups excluding carboxylic acids is 1. The minimum absolute atomic E-state index is 0.332. The first-order valence-electron chi connectivity index (χ1n) is 8.31. The van der Waals surface area contributed by atoms with Crippen molar-refractivity contribution in [2.24, 2.45) is 11.8 Å². The molecular formula is C17H33NO. The third-order valence-corrected chi connectivity index (χ3v) is 4.29. The predicted octanol–water partition coefficient (Wildman–Crippen LogP) is 4.63. The zero-order valence-electron chi connectivity index (χ0n) is 13.6. The molecule has 0 aromatic heterocycles. The molecule has 0 saturated heterocycles. The van der Waals surface area contributed by atoms with Crippen molar-refractivity contribution in [2.45, 2.75) is 91.6 Å². The second kappa shape index (κ2) is 7.91. The third kappa shape index (κ3) is 5.16. The van der Waals surface area contributed by atoms with Crippen LogP contribution in [-0.4, -0.2) is 22.9 Å². The minimum atomic E-state index is 0.332. The van der Waals surface area contributed by atoms with Crippen LogP contribution in [0, 0.1) is 11.8 Å². The summed E-state index contributed by atoms with van der Waals surface area (Å²) in [6.07, 6.45) is 9.11. The summed E-state index contributed by atoms with van der Waals surface area (Å²) in [4.78, 5) is 14.5. The largest absolute Gasteiger partial charge is 0.338 e. The van der Waals surface area contributed by atoms with Gasteiger partial charge in [0.05, 0.1) is 0 Å². The van der Waals surface area contributed by atoms with E-state index in [1.54, 1.807) is 0 Å². The maximum Gasteiger partial charge on any atom is 0.226 e. The van der Waals surface area contributed by atoms with Crippen molar-refractivity contribution >= 4 is 5.91 Å². The van der Waals surface area contributed by atoms with Crippen LogP contribution in [0.2, 0.25) is 0 Å². The van der Waals surface area contributed by atoms with E-state index in [0.29, 0.717) is 29.8 Å². The lowest BCUT2D eigenvalue weighted by Crippen LogP contribution is -2.43. The van der Waals surface area contributed by atoms with Gasteiger partial charge in [0, 0.05) is 18.0 Å². The van der Waals surface area contributed by atoms with Crippen molar-refractivity contribution in [3.63, 3.8) is 0 Å². The molecule has 0 aliphatic heterocycles. The molecule has 2 unspecified atom stereocenters. The lowest BCUT2D eigenvalue weighted by Gasteiger charge is -2.31. The molecule has 0 radical (unpaired) electrons. The first-order valence-corrected chi connectivity index (χ1v) is 8.31. The molecule has 0 bridgehead atoms. The van der Waals surface area contributed by atoms with Crippen molar-refractivity contribution < 1.29 is 4.79 Å². The molecule has 0 aromatic rings. The third-order valence-electron chi connectivity index (χ3n) is 4.29. The van der Waals surface area contributed by atoms with Crippen LogP contribution in [0.3, 0.4) is 0 Å². The Morgan fingerprint density at radius 1 is 1.05 bits per heavy atom. The van der Waals surface area contributed by atoms with Gasteiger partial charge in [0.15, 0.2) is 0 Å². The molecule has 0 N–H and O–H groups in total. The maximum atomic E-state index is 12.5. The Morgan fingerprint density at radius 2 is 1.63 bits per heavy atom. The molecule has 0 aromatic carbocycles. The van der Waals surface area contributed by atoms with E-state index in [9.17, 15) is 4.79 Å². The van der Waals surface area contributed by atoms with Gasteiger partial charge in [-0.15, -0.1) is 0 Å². The Bertz CT molecular complexity index is 264. The smallest absolute Gasteiger partial charge is 0.226 e. The molecule has 1 amide bonds. The van der Waals surface area contributed by atoms with E-state index < -0.39 is 0 Å². The van der Waals surface area contributed by atoms with Crippen LogP contribution in [0.25, 0.3) is 0 Å². The van der Waals surface area contributed by atoms with Gasteiger partial charge in [-0.1, -0.05) is 39.0 Å². The molecule has 1 aliphatic carbocycles. The number of rotatable bonds is 9. The molecule has 2 atom stereocenters. The summed E-state index contributed by atoms with van der Waals surface area (Å²) in [6, 6.07) is 0.664. The van der Waals surface area contributed by atoms with Gasteiger partial charge in [-0.25, -0.2) is 0 Å². The normalized spacial score (nSPS) is 22.1. The summed E-state index contributed by atoms with van der Waals surface area (Å²) in [5.74, 6) is 1.44. The lowest BCUT2D eigenvalue weighted by atomic mass is 10.1. The Morgan fingerprint density at radius 3 is 2.16 bits per heavy atom. The van der Waals surface area contributed by atoms with Gasteiger partial charge in [0.1, 0.15) is 0 Å². The molecule has 19 heavy (non-hydrogen) atoms. The lowest BCUT2D eigenvalue weighted by molar-refractivity contribution is -0.136. The highest BCUT2D eigenvalue weighted by molar-refractivity contribution is 5.82. The van der Waals surface area contributed by atoms with E-state index in [4.69, 9.17) is 0 Å². The van der Waals surface area contributed by atoms with Crippen LogP contribution in [0.15, 0.2) is 0 Å². The Balaban J connectivity index is 2.26. The second-order valence-corrected chi connectivity index (χ2v) is 6.74. The molecule has 2 heteroatoms. The summed E-state index contributed by atoms with van der Waals surface area (Å²) in [5.41, 5.74) is 0. The minimum Gasteiger partial charge on any atom is -0.338 e. The summed E-state index contributed by atoms with van der Waals surface area (Å²) in [5, 5.41) is 0. The SMILES string of the molecule is CCCCCCCC1CC1C(=O)N(C(C)C)C(C)C. The van der Waals surface area contributed by atoms with Crippen molar-refractivity contribution in [2.75, 3.05) is 0 Å². The van der Waals surface area contributed by atoms with Crippen molar-refractivity contribution in [1.29, 1.82) is 0 Å². The van der Waals surface area contributed by atoms with Gasteiger partial charge < -0.3 is 4.90 Å². The molecule has 1 saturated carbocycles. The first kappa shape index (κ1) is 16.5. The van der Waals surface area contributed by atoms with E-state index in [1.807, 2.05) is 0 Å². The fourth-order valence-corrected chi connectivity index (χ4v) is 3.18. The zero-order valence-corrected chi connectivity index (χ0v) is 13.6. The van der Waals surface area contributed by atoms with E-state index in [-0.39, 0.29) is 0 Å². The van der Waals surface area contributed by atoms with Gasteiger partial charge >= 0.3 is 0 Å². The van der Waals surface area contributed by atoms with Gasteiger partial charge in [-0.05, 0) is 46.5 Å². The molecule has 0 heterocycles. The topological polar surface area (TPSA) is 20.3 Å². The fourth-order valence-electron chi connectivity index (χ4n) is 3.18. The number of nitrogens with zero attached hydrogens (tertiary/aromatic N) is 1. The molecular weight excluding hydrogens is 234 g/mol. The number of hydrogen-bond donors (Lipinski definition) is 0. The summed E-state index contributed by atoms with van der Waals surface area (Å²) in [7, 11) is 0. The van der Waals surface area contributed by atoms with Crippen LogP contribution < -0.4 is 0 Å². The van der Waals surface area contributed by atoms with E-state index in [1.165, 1.54) is 38.5 Å². The Labute approximate surface area is 119 Å². The molecule has 2 nitrogen and oxygen atoms in total. The number of amides is 1. The first-order chi connectivity index (χ1) is 8.99. The van der Waals surface area contributed by atoms with Crippen LogP contribution >= 0.6 is 0 Å². The second-order valence-electron chi connectivity index (χ2n) is 6.74. The van der Waals surface area contributed by atoms with Gasteiger partial charge in [0.25, 0.3) is 0 Å². The van der Waals surface area contributed by atoms with Crippen LogP contribution in [0.1, 0.15) is 79.6 Å². The van der Waals surface area contributed by atoms with E-state index in [2.05, 4.69) is 39.5 Å². The van der Waals surface area contributed by atoms with E-state index in [0.717, 1.165) is 6.42 Å². The molecule has 1 aliphatic rings. The van der Waals surface area contributed by atoms with Crippen molar-refractivity contribution in [3.05, 3.63) is 0 Å². The van der Waals surface area contributed by atoms with Crippen LogP contribution in [-0.2, 0) is 4.79 Å². The molecule has 1 rings (SSSR count). The quantitative estimate of drug-likeness (QED) is 0.558. The van der Waals surface area contributed by atoms with Gasteiger partial charge in [-0.3, -0.25) is 4.79 Å². The van der Waals surface area contributed by atoms with Crippen LogP contribution in [0.4, 0.5) is 0 Å². The van der Waals surface area contributed by atoms with Crippen LogP contribution in [0.5, 0.6) is 0 Å². The van der Waals surface area contributed by atoms with Gasteiger partial charge in [-0.2, -0.15) is 0 Å². The number of carbonyl (C=O) groups is 1.